The molecule has 4 rings (SSSR count). The summed E-state index contributed by atoms with van der Waals surface area (Å²) in [7, 11) is 3.11. The summed E-state index contributed by atoms with van der Waals surface area (Å²) in [4.78, 5) is 23.6. The number of rotatable bonds is 5. The Balaban J connectivity index is 1.60. The smallest absolute Gasteiger partial charge is 0.274 e. The van der Waals surface area contributed by atoms with Gasteiger partial charge in [-0.3, -0.25) is 4.79 Å². The molecule has 0 bridgehead atoms. The number of hydrogen-bond donors (Lipinski definition) is 1. The van der Waals surface area contributed by atoms with E-state index in [1.165, 1.54) is 5.56 Å². The number of fused-ring (bicyclic) bond motifs is 1. The molecule has 3 aromatic rings. The van der Waals surface area contributed by atoms with E-state index in [9.17, 15) is 4.79 Å². The molecule has 0 fully saturated rings. The van der Waals surface area contributed by atoms with Crippen LogP contribution in [0.5, 0.6) is 11.5 Å². The van der Waals surface area contributed by atoms with Gasteiger partial charge in [0.15, 0.2) is 0 Å². The lowest BCUT2D eigenvalue weighted by Gasteiger charge is -2.17. The van der Waals surface area contributed by atoms with Gasteiger partial charge in [0.25, 0.3) is 5.91 Å². The molecular weight excluding hydrogens is 356 g/mol. The molecule has 28 heavy (non-hydrogen) atoms. The Labute approximate surface area is 163 Å². The molecule has 0 spiro atoms. The van der Waals surface area contributed by atoms with E-state index in [1.807, 2.05) is 23.1 Å². The molecule has 2 heterocycles. The van der Waals surface area contributed by atoms with Crippen LogP contribution in [0.4, 0.5) is 17.3 Å². The Hall–Kier alpha value is -3.61. The Bertz CT molecular complexity index is 1020. The maximum Gasteiger partial charge on any atom is 0.274 e. The highest BCUT2D eigenvalue weighted by Gasteiger charge is 2.23. The largest absolute Gasteiger partial charge is 0.497 e. The minimum Gasteiger partial charge on any atom is -0.497 e. The standard InChI is InChI=1S/C21H20N4O3/c1-27-15-7-8-19(28-2)17(13-15)23-20(26)16-9-11-22-21(24-16)25-12-10-14-5-3-4-6-18(14)25/h3-9,11,13H,10,12H2,1-2H3,(H,23,26). The normalized spacial score (nSPS) is 12.4. The Morgan fingerprint density at radius 1 is 1.11 bits per heavy atom. The summed E-state index contributed by atoms with van der Waals surface area (Å²) in [6.45, 7) is 0.786. The zero-order valence-electron chi connectivity index (χ0n) is 15.7. The van der Waals surface area contributed by atoms with Crippen LogP contribution in [0.1, 0.15) is 16.1 Å². The molecule has 1 aliphatic heterocycles. The van der Waals surface area contributed by atoms with Crippen molar-refractivity contribution in [2.24, 2.45) is 0 Å². The van der Waals surface area contributed by atoms with Gasteiger partial charge in [0.1, 0.15) is 17.2 Å². The van der Waals surface area contributed by atoms with Crippen molar-refractivity contribution >= 4 is 23.2 Å². The van der Waals surface area contributed by atoms with Crippen LogP contribution < -0.4 is 19.7 Å². The van der Waals surface area contributed by atoms with Gasteiger partial charge in [-0.1, -0.05) is 18.2 Å². The van der Waals surface area contributed by atoms with Gasteiger partial charge in [-0.15, -0.1) is 0 Å². The second-order valence-corrected chi connectivity index (χ2v) is 6.29. The van der Waals surface area contributed by atoms with Gasteiger partial charge in [-0.2, -0.15) is 0 Å². The SMILES string of the molecule is COc1ccc(OC)c(NC(=O)c2ccnc(N3CCc4ccccc43)n2)c1. The van der Waals surface area contributed by atoms with Crippen LogP contribution in [0.3, 0.4) is 0 Å². The number of aromatic nitrogens is 2. The third-order valence-electron chi connectivity index (χ3n) is 4.66. The van der Waals surface area contributed by atoms with E-state index < -0.39 is 0 Å². The first kappa shape index (κ1) is 17.8. The van der Waals surface area contributed by atoms with Crippen LogP contribution in [0.2, 0.25) is 0 Å². The molecular formula is C21H20N4O3. The molecule has 1 aromatic heterocycles. The number of para-hydroxylation sites is 1. The number of methoxy groups -OCH3 is 2. The number of hydrogen-bond acceptors (Lipinski definition) is 6. The molecule has 0 saturated heterocycles. The third-order valence-corrected chi connectivity index (χ3v) is 4.66. The summed E-state index contributed by atoms with van der Waals surface area (Å²) in [6, 6.07) is 14.9. The number of amides is 1. The maximum absolute atomic E-state index is 12.8. The highest BCUT2D eigenvalue weighted by molar-refractivity contribution is 6.04. The number of benzene rings is 2. The lowest BCUT2D eigenvalue weighted by Crippen LogP contribution is -2.20. The van der Waals surface area contributed by atoms with Gasteiger partial charge in [-0.05, 0) is 36.2 Å². The minimum atomic E-state index is -0.345. The molecule has 0 unspecified atom stereocenters. The van der Waals surface area contributed by atoms with Crippen molar-refractivity contribution in [3.8, 4) is 11.5 Å². The molecule has 7 heteroatoms. The molecule has 142 valence electrons. The van der Waals surface area contributed by atoms with E-state index in [0.29, 0.717) is 23.1 Å². The van der Waals surface area contributed by atoms with Gasteiger partial charge in [0, 0.05) is 24.5 Å². The van der Waals surface area contributed by atoms with Crippen LogP contribution in [-0.2, 0) is 6.42 Å². The van der Waals surface area contributed by atoms with Crippen molar-refractivity contribution in [1.82, 2.24) is 9.97 Å². The fourth-order valence-corrected chi connectivity index (χ4v) is 3.25. The van der Waals surface area contributed by atoms with Crippen molar-refractivity contribution in [1.29, 1.82) is 0 Å². The summed E-state index contributed by atoms with van der Waals surface area (Å²) in [5.41, 5.74) is 3.12. The molecule has 0 saturated carbocycles. The van der Waals surface area contributed by atoms with Crippen molar-refractivity contribution in [2.45, 2.75) is 6.42 Å². The summed E-state index contributed by atoms with van der Waals surface area (Å²) in [5.74, 6) is 1.32. The first-order chi connectivity index (χ1) is 13.7. The average molecular weight is 376 g/mol. The Morgan fingerprint density at radius 2 is 1.96 bits per heavy atom. The molecule has 1 N–H and O–H groups in total. The van der Waals surface area contributed by atoms with Gasteiger partial charge < -0.3 is 19.7 Å². The summed E-state index contributed by atoms with van der Waals surface area (Å²) < 4.78 is 10.5. The van der Waals surface area contributed by atoms with E-state index in [1.54, 1.807) is 44.7 Å². The fraction of sp³-hybridized carbons (Fsp3) is 0.190. The second kappa shape index (κ2) is 7.56. The molecule has 1 amide bonds. The van der Waals surface area contributed by atoms with Crippen LogP contribution in [-0.4, -0.2) is 36.6 Å². The maximum atomic E-state index is 12.8. The van der Waals surface area contributed by atoms with E-state index >= 15 is 0 Å². The average Bonchev–Trinajstić information content (AvgIpc) is 3.18. The molecule has 1 aliphatic rings. The van der Waals surface area contributed by atoms with E-state index in [4.69, 9.17) is 9.47 Å². The second-order valence-electron chi connectivity index (χ2n) is 6.29. The summed E-state index contributed by atoms with van der Waals surface area (Å²) in [6.07, 6.45) is 2.53. The zero-order valence-corrected chi connectivity index (χ0v) is 15.7. The number of nitrogens with one attached hydrogen (secondary N) is 1. The molecule has 7 nitrogen and oxygen atoms in total. The van der Waals surface area contributed by atoms with Crippen LogP contribution >= 0.6 is 0 Å². The van der Waals surface area contributed by atoms with Gasteiger partial charge >= 0.3 is 0 Å². The quantitative estimate of drug-likeness (QED) is 0.735. The Morgan fingerprint density at radius 3 is 2.79 bits per heavy atom. The predicted octanol–water partition coefficient (Wildman–Crippen LogP) is 3.44. The number of nitrogens with zero attached hydrogens (tertiary/aromatic N) is 3. The number of carbonyl (C=O) groups excluding carboxylic acids is 1. The van der Waals surface area contributed by atoms with Gasteiger partial charge in [0.2, 0.25) is 5.95 Å². The van der Waals surface area contributed by atoms with Crippen LogP contribution in [0.25, 0.3) is 0 Å². The number of anilines is 3. The topological polar surface area (TPSA) is 76.6 Å². The van der Waals surface area contributed by atoms with Crippen LogP contribution in [0.15, 0.2) is 54.7 Å². The monoisotopic (exact) mass is 376 g/mol. The summed E-state index contributed by atoms with van der Waals surface area (Å²) in [5, 5.41) is 2.84. The van der Waals surface area contributed by atoms with Crippen molar-refractivity contribution < 1.29 is 14.3 Å². The van der Waals surface area contributed by atoms with Crippen molar-refractivity contribution in [3.63, 3.8) is 0 Å². The Kier molecular flexibility index (Phi) is 4.80. The zero-order chi connectivity index (χ0) is 19.5. The first-order valence-electron chi connectivity index (χ1n) is 8.91. The van der Waals surface area contributed by atoms with Crippen molar-refractivity contribution in [3.05, 3.63) is 66.0 Å². The lowest BCUT2D eigenvalue weighted by atomic mass is 10.2. The number of carbonyl (C=O) groups is 1. The highest BCUT2D eigenvalue weighted by atomic mass is 16.5. The molecule has 2 aromatic carbocycles. The highest BCUT2D eigenvalue weighted by Crippen LogP contribution is 2.32. The predicted molar refractivity (Wildman–Crippen MR) is 107 cm³/mol. The van der Waals surface area contributed by atoms with Crippen molar-refractivity contribution in [2.75, 3.05) is 31.0 Å². The van der Waals surface area contributed by atoms with Gasteiger partial charge in [0.05, 0.1) is 19.9 Å². The number of ether oxygens (including phenoxy) is 2. The minimum absolute atomic E-state index is 0.277. The summed E-state index contributed by atoms with van der Waals surface area (Å²) >= 11 is 0. The fourth-order valence-electron chi connectivity index (χ4n) is 3.25. The van der Waals surface area contributed by atoms with E-state index in [-0.39, 0.29) is 11.6 Å². The first-order valence-corrected chi connectivity index (χ1v) is 8.91. The van der Waals surface area contributed by atoms with Crippen LogP contribution in [0, 0.1) is 0 Å². The lowest BCUT2D eigenvalue weighted by molar-refractivity contribution is 0.102. The van der Waals surface area contributed by atoms with E-state index in [0.717, 1.165) is 18.7 Å². The van der Waals surface area contributed by atoms with Gasteiger partial charge in [-0.25, -0.2) is 9.97 Å². The molecule has 0 aliphatic carbocycles. The molecule has 0 radical (unpaired) electrons. The molecule has 0 atom stereocenters. The third kappa shape index (κ3) is 3.34. The van der Waals surface area contributed by atoms with E-state index in [2.05, 4.69) is 21.4 Å².